The van der Waals surface area contributed by atoms with Gasteiger partial charge in [-0.3, -0.25) is 9.78 Å². The van der Waals surface area contributed by atoms with Crippen LogP contribution in [0.4, 0.5) is 0 Å². The summed E-state index contributed by atoms with van der Waals surface area (Å²) < 4.78 is 5.61. The minimum absolute atomic E-state index is 0.331. The van der Waals surface area contributed by atoms with Crippen LogP contribution in [0.25, 0.3) is 10.9 Å². The summed E-state index contributed by atoms with van der Waals surface area (Å²) in [6, 6.07) is 9.53. The predicted octanol–water partition coefficient (Wildman–Crippen LogP) is 3.11. The fourth-order valence-corrected chi connectivity index (χ4v) is 1.96. The fourth-order valence-electron chi connectivity index (χ4n) is 1.96. The first-order valence-electron chi connectivity index (χ1n) is 6.41. The van der Waals surface area contributed by atoms with Crippen LogP contribution >= 0.6 is 0 Å². The zero-order valence-electron chi connectivity index (χ0n) is 10.9. The Balaban J connectivity index is 1.96. The van der Waals surface area contributed by atoms with Crippen LogP contribution in [-0.4, -0.2) is 22.7 Å². The van der Waals surface area contributed by atoms with Crippen LogP contribution < -0.4 is 4.74 Å². The molecule has 0 saturated heterocycles. The molecule has 0 spiro atoms. The average Bonchev–Trinajstić information content (AvgIpc) is 2.43. The van der Waals surface area contributed by atoms with E-state index in [4.69, 9.17) is 9.84 Å². The molecule has 4 nitrogen and oxygen atoms in total. The molecule has 1 aromatic carbocycles. The summed E-state index contributed by atoms with van der Waals surface area (Å²) in [6.07, 6.45) is 2.90. The number of benzene rings is 1. The number of ether oxygens (including phenoxy) is 1. The van der Waals surface area contributed by atoms with Gasteiger partial charge in [-0.05, 0) is 37.1 Å². The predicted molar refractivity (Wildman–Crippen MR) is 73.3 cm³/mol. The summed E-state index contributed by atoms with van der Waals surface area (Å²) >= 11 is 0. The molecule has 0 radical (unpaired) electrons. The van der Waals surface area contributed by atoms with Crippen molar-refractivity contribution in [1.29, 1.82) is 0 Å². The van der Waals surface area contributed by atoms with Gasteiger partial charge >= 0.3 is 5.97 Å². The summed E-state index contributed by atoms with van der Waals surface area (Å²) in [5.74, 6) is -0.336. The lowest BCUT2D eigenvalue weighted by Gasteiger charge is -2.11. The number of aromatic nitrogens is 1. The van der Waals surface area contributed by atoms with Crippen molar-refractivity contribution in [3.63, 3.8) is 0 Å². The van der Waals surface area contributed by atoms with Gasteiger partial charge in [-0.15, -0.1) is 0 Å². The molecule has 0 aliphatic heterocycles. The third kappa shape index (κ3) is 3.44. The number of hydrogen-bond donors (Lipinski definition) is 1. The Morgan fingerprint density at radius 2 is 2.26 bits per heavy atom. The van der Waals surface area contributed by atoms with E-state index in [1.165, 1.54) is 0 Å². The molecule has 0 bridgehead atoms. The van der Waals surface area contributed by atoms with E-state index in [-0.39, 0.29) is 5.92 Å². The summed E-state index contributed by atoms with van der Waals surface area (Å²) in [7, 11) is 0. The molecule has 100 valence electrons. The number of rotatable bonds is 6. The monoisotopic (exact) mass is 259 g/mol. The van der Waals surface area contributed by atoms with Crippen LogP contribution in [0.15, 0.2) is 36.5 Å². The minimum atomic E-state index is -0.756. The normalized spacial score (nSPS) is 12.3. The van der Waals surface area contributed by atoms with E-state index in [0.717, 1.165) is 16.7 Å². The third-order valence-electron chi connectivity index (χ3n) is 3.15. The molecule has 0 aliphatic carbocycles. The summed E-state index contributed by atoms with van der Waals surface area (Å²) in [4.78, 5) is 15.1. The van der Waals surface area contributed by atoms with Gasteiger partial charge in [0.15, 0.2) is 0 Å². The zero-order chi connectivity index (χ0) is 13.7. The first-order chi connectivity index (χ1) is 9.20. The van der Waals surface area contributed by atoms with E-state index in [1.807, 2.05) is 37.3 Å². The first kappa shape index (κ1) is 13.3. The molecule has 4 heteroatoms. The van der Waals surface area contributed by atoms with Gasteiger partial charge in [0, 0.05) is 11.6 Å². The van der Waals surface area contributed by atoms with Crippen LogP contribution in [-0.2, 0) is 4.79 Å². The maximum atomic E-state index is 10.9. The Bertz CT molecular complexity index is 568. The smallest absolute Gasteiger partial charge is 0.306 e. The van der Waals surface area contributed by atoms with E-state index < -0.39 is 5.97 Å². The van der Waals surface area contributed by atoms with Crippen molar-refractivity contribution in [2.24, 2.45) is 5.92 Å². The van der Waals surface area contributed by atoms with Gasteiger partial charge in [-0.25, -0.2) is 0 Å². The molecule has 19 heavy (non-hydrogen) atoms. The van der Waals surface area contributed by atoms with Crippen molar-refractivity contribution in [2.75, 3.05) is 6.61 Å². The second-order valence-electron chi connectivity index (χ2n) is 4.44. The number of pyridine rings is 1. The maximum Gasteiger partial charge on any atom is 0.306 e. The van der Waals surface area contributed by atoms with Crippen LogP contribution in [0.3, 0.4) is 0 Å². The summed E-state index contributed by atoms with van der Waals surface area (Å²) in [6.45, 7) is 2.29. The van der Waals surface area contributed by atoms with Gasteiger partial charge in [0.2, 0.25) is 0 Å². The number of fused-ring (bicyclic) bond motifs is 1. The fraction of sp³-hybridized carbons (Fsp3) is 0.333. The molecular weight excluding hydrogens is 242 g/mol. The molecule has 0 fully saturated rings. The Morgan fingerprint density at radius 1 is 1.42 bits per heavy atom. The number of nitrogens with zero attached hydrogens (tertiary/aromatic N) is 1. The largest absolute Gasteiger partial charge is 0.494 e. The number of carboxylic acid groups (broad SMARTS) is 1. The topological polar surface area (TPSA) is 59.4 Å². The highest BCUT2D eigenvalue weighted by atomic mass is 16.5. The number of aliphatic carboxylic acids is 1. The molecule has 0 aliphatic rings. The highest BCUT2D eigenvalue weighted by Gasteiger charge is 2.14. The second-order valence-corrected chi connectivity index (χ2v) is 4.44. The molecular formula is C15H17NO3. The SMILES string of the molecule is CCC(CCOc1ccc2ncccc2c1)C(=O)O. The van der Waals surface area contributed by atoms with E-state index in [2.05, 4.69) is 4.98 Å². The highest BCUT2D eigenvalue weighted by molar-refractivity contribution is 5.79. The van der Waals surface area contributed by atoms with Crippen molar-refractivity contribution < 1.29 is 14.6 Å². The molecule has 2 aromatic rings. The van der Waals surface area contributed by atoms with Gasteiger partial charge in [0.1, 0.15) is 5.75 Å². The van der Waals surface area contributed by atoms with Gasteiger partial charge in [0.25, 0.3) is 0 Å². The minimum Gasteiger partial charge on any atom is -0.494 e. The van der Waals surface area contributed by atoms with E-state index in [0.29, 0.717) is 19.4 Å². The van der Waals surface area contributed by atoms with Crippen molar-refractivity contribution in [3.05, 3.63) is 36.5 Å². The Labute approximate surface area is 112 Å². The molecule has 1 unspecified atom stereocenters. The van der Waals surface area contributed by atoms with Crippen molar-refractivity contribution >= 4 is 16.9 Å². The lowest BCUT2D eigenvalue weighted by Crippen LogP contribution is -2.15. The average molecular weight is 259 g/mol. The van der Waals surface area contributed by atoms with Crippen molar-refractivity contribution in [3.8, 4) is 5.75 Å². The Kier molecular flexibility index (Phi) is 4.34. The summed E-state index contributed by atoms with van der Waals surface area (Å²) in [5.41, 5.74) is 0.923. The zero-order valence-corrected chi connectivity index (χ0v) is 10.9. The molecule has 1 atom stereocenters. The highest BCUT2D eigenvalue weighted by Crippen LogP contribution is 2.19. The Morgan fingerprint density at radius 3 is 3.00 bits per heavy atom. The van der Waals surface area contributed by atoms with Gasteiger partial charge < -0.3 is 9.84 Å². The number of hydrogen-bond acceptors (Lipinski definition) is 3. The lowest BCUT2D eigenvalue weighted by molar-refractivity contribution is -0.142. The molecule has 0 saturated carbocycles. The lowest BCUT2D eigenvalue weighted by atomic mass is 10.0. The van der Waals surface area contributed by atoms with Crippen LogP contribution in [0.5, 0.6) is 5.75 Å². The van der Waals surface area contributed by atoms with Gasteiger partial charge in [0.05, 0.1) is 18.0 Å². The molecule has 0 amide bonds. The van der Waals surface area contributed by atoms with E-state index >= 15 is 0 Å². The molecule has 2 rings (SSSR count). The van der Waals surface area contributed by atoms with Gasteiger partial charge in [-0.2, -0.15) is 0 Å². The van der Waals surface area contributed by atoms with Crippen LogP contribution in [0.2, 0.25) is 0 Å². The third-order valence-corrected chi connectivity index (χ3v) is 3.15. The van der Waals surface area contributed by atoms with Gasteiger partial charge in [-0.1, -0.05) is 13.0 Å². The van der Waals surface area contributed by atoms with Crippen LogP contribution in [0.1, 0.15) is 19.8 Å². The van der Waals surface area contributed by atoms with Crippen LogP contribution in [0, 0.1) is 5.92 Å². The first-order valence-corrected chi connectivity index (χ1v) is 6.41. The standard InChI is InChI=1S/C15H17NO3/c1-2-11(15(17)18)7-9-19-13-5-6-14-12(10-13)4-3-8-16-14/h3-6,8,10-11H,2,7,9H2,1H3,(H,17,18). The Hall–Kier alpha value is -2.10. The van der Waals surface area contributed by atoms with E-state index in [9.17, 15) is 4.79 Å². The summed E-state index contributed by atoms with van der Waals surface area (Å²) in [5, 5.41) is 9.97. The maximum absolute atomic E-state index is 10.9. The van der Waals surface area contributed by atoms with Crippen molar-refractivity contribution in [2.45, 2.75) is 19.8 Å². The van der Waals surface area contributed by atoms with Crippen molar-refractivity contribution in [1.82, 2.24) is 4.98 Å². The second kappa shape index (κ2) is 6.18. The number of carbonyl (C=O) groups is 1. The molecule has 1 aromatic heterocycles. The molecule has 1 N–H and O–H groups in total. The quantitative estimate of drug-likeness (QED) is 0.865. The number of carboxylic acids is 1. The van der Waals surface area contributed by atoms with E-state index in [1.54, 1.807) is 6.20 Å². The molecule has 1 heterocycles.